The molecule has 0 saturated carbocycles. The lowest BCUT2D eigenvalue weighted by atomic mass is 9.72. The van der Waals surface area contributed by atoms with E-state index in [1.165, 1.54) is 0 Å². The molecule has 0 aliphatic carbocycles. The topological polar surface area (TPSA) is 64.6 Å². The third-order valence-electron chi connectivity index (χ3n) is 5.62. The third-order valence-corrected chi connectivity index (χ3v) is 6.03. The molecule has 2 aliphatic heterocycles. The summed E-state index contributed by atoms with van der Waals surface area (Å²) < 4.78 is 12.3. The molecule has 2 aromatic rings. The first-order valence-corrected chi connectivity index (χ1v) is 10.5. The molecule has 1 aromatic carbocycles. The fourth-order valence-corrected chi connectivity index (χ4v) is 4.34. The molecular weight excluding hydrogens is 422 g/mol. The van der Waals surface area contributed by atoms with Crippen LogP contribution in [0.2, 0.25) is 0 Å². The molecular formula is C21H24BrN3O3. The molecule has 6 nitrogen and oxygen atoms in total. The number of nitrogens with zero attached hydrogens (tertiary/aromatic N) is 3. The Balaban J connectivity index is 1.51. The van der Waals surface area contributed by atoms with Crippen molar-refractivity contribution in [3.8, 4) is 6.01 Å². The Morgan fingerprint density at radius 1 is 1.18 bits per heavy atom. The number of amides is 1. The Kier molecular flexibility index (Phi) is 5.92. The van der Waals surface area contributed by atoms with Gasteiger partial charge in [0.25, 0.3) is 0 Å². The van der Waals surface area contributed by atoms with Crippen molar-refractivity contribution in [3.63, 3.8) is 0 Å². The number of benzene rings is 1. The van der Waals surface area contributed by atoms with Gasteiger partial charge in [0, 0.05) is 32.2 Å². The van der Waals surface area contributed by atoms with E-state index in [4.69, 9.17) is 9.47 Å². The molecule has 28 heavy (non-hydrogen) atoms. The molecule has 0 unspecified atom stereocenters. The van der Waals surface area contributed by atoms with E-state index < -0.39 is 5.41 Å². The molecule has 148 valence electrons. The highest BCUT2D eigenvalue weighted by atomic mass is 79.9. The molecule has 3 heterocycles. The molecule has 2 aliphatic rings. The summed E-state index contributed by atoms with van der Waals surface area (Å²) in [6, 6.07) is 10.5. The van der Waals surface area contributed by atoms with Crippen molar-refractivity contribution in [1.82, 2.24) is 14.9 Å². The Bertz CT molecular complexity index is 794. The van der Waals surface area contributed by atoms with Crippen LogP contribution in [0.4, 0.5) is 0 Å². The second-order valence-corrected chi connectivity index (χ2v) is 8.29. The van der Waals surface area contributed by atoms with Gasteiger partial charge in [0.1, 0.15) is 6.10 Å². The summed E-state index contributed by atoms with van der Waals surface area (Å²) in [5.41, 5.74) is 0.581. The fourth-order valence-electron chi connectivity index (χ4n) is 4.13. The van der Waals surface area contributed by atoms with Crippen LogP contribution in [0.25, 0.3) is 0 Å². The normalized spacial score (nSPS) is 21.9. The predicted molar refractivity (Wildman–Crippen MR) is 108 cm³/mol. The number of ether oxygens (including phenoxy) is 2. The van der Waals surface area contributed by atoms with Gasteiger partial charge in [0.2, 0.25) is 5.91 Å². The average molecular weight is 446 g/mol. The van der Waals surface area contributed by atoms with Crippen LogP contribution >= 0.6 is 15.9 Å². The minimum Gasteiger partial charge on any atom is -0.458 e. The van der Waals surface area contributed by atoms with Crippen LogP contribution in [0.1, 0.15) is 31.2 Å². The molecule has 0 bridgehead atoms. The Labute approximate surface area is 173 Å². The summed E-state index contributed by atoms with van der Waals surface area (Å²) in [6.07, 6.45) is 6.48. The van der Waals surface area contributed by atoms with Crippen LogP contribution < -0.4 is 4.74 Å². The Morgan fingerprint density at radius 2 is 1.89 bits per heavy atom. The average Bonchev–Trinajstić information content (AvgIpc) is 2.76. The quantitative estimate of drug-likeness (QED) is 0.721. The van der Waals surface area contributed by atoms with Crippen LogP contribution in [-0.2, 0) is 14.9 Å². The number of likely N-dealkylation sites (tertiary alicyclic amines) is 1. The fraction of sp³-hybridized carbons (Fsp3) is 0.476. The van der Waals surface area contributed by atoms with Gasteiger partial charge in [-0.2, -0.15) is 0 Å². The number of carbonyl (C=O) groups is 1. The van der Waals surface area contributed by atoms with E-state index in [0.717, 1.165) is 29.4 Å². The van der Waals surface area contributed by atoms with Crippen molar-refractivity contribution in [3.05, 3.63) is 52.8 Å². The van der Waals surface area contributed by atoms with E-state index in [-0.39, 0.29) is 12.0 Å². The van der Waals surface area contributed by atoms with E-state index in [0.29, 0.717) is 38.6 Å². The van der Waals surface area contributed by atoms with Gasteiger partial charge in [0.05, 0.1) is 16.4 Å². The van der Waals surface area contributed by atoms with Crippen molar-refractivity contribution < 1.29 is 14.3 Å². The van der Waals surface area contributed by atoms with Crippen LogP contribution in [0.5, 0.6) is 6.01 Å². The highest BCUT2D eigenvalue weighted by Crippen LogP contribution is 2.37. The standard InChI is InChI=1S/C21H24BrN3O3/c22-17-13-23-20(24-14-17)28-18-7-4-10-25(15-18)19(26)21(8-11-27-12-9-21)16-5-2-1-3-6-16/h1-3,5-6,13-14,18H,4,7-12,15H2/t18-/m1/s1. The SMILES string of the molecule is O=C(N1CCC[C@@H](Oc2ncc(Br)cn2)C1)C1(c2ccccc2)CCOCC1. The maximum atomic E-state index is 13.7. The number of piperidine rings is 1. The molecule has 0 spiro atoms. The summed E-state index contributed by atoms with van der Waals surface area (Å²) in [7, 11) is 0. The van der Waals surface area contributed by atoms with Crippen LogP contribution in [0, 0.1) is 0 Å². The van der Waals surface area contributed by atoms with Crippen LogP contribution in [0.15, 0.2) is 47.2 Å². The minimum atomic E-state index is -0.504. The molecule has 1 atom stereocenters. The lowest BCUT2D eigenvalue weighted by molar-refractivity contribution is -0.144. The molecule has 2 saturated heterocycles. The second-order valence-electron chi connectivity index (χ2n) is 7.38. The first-order valence-electron chi connectivity index (χ1n) is 9.74. The maximum absolute atomic E-state index is 13.7. The largest absolute Gasteiger partial charge is 0.458 e. The first-order chi connectivity index (χ1) is 13.7. The summed E-state index contributed by atoms with van der Waals surface area (Å²) in [5.74, 6) is 0.187. The molecule has 0 N–H and O–H groups in total. The van der Waals surface area contributed by atoms with E-state index in [1.807, 2.05) is 23.1 Å². The summed E-state index contributed by atoms with van der Waals surface area (Å²) in [5, 5.41) is 0. The van der Waals surface area contributed by atoms with Gasteiger partial charge >= 0.3 is 6.01 Å². The smallest absolute Gasteiger partial charge is 0.316 e. The van der Waals surface area contributed by atoms with Gasteiger partial charge in [-0.05, 0) is 47.2 Å². The van der Waals surface area contributed by atoms with Gasteiger partial charge in [-0.15, -0.1) is 0 Å². The van der Waals surface area contributed by atoms with Gasteiger partial charge in [-0.3, -0.25) is 4.79 Å². The van der Waals surface area contributed by atoms with E-state index in [2.05, 4.69) is 38.0 Å². The van der Waals surface area contributed by atoms with E-state index >= 15 is 0 Å². The first kappa shape index (κ1) is 19.3. The van der Waals surface area contributed by atoms with Gasteiger partial charge in [-0.1, -0.05) is 30.3 Å². The van der Waals surface area contributed by atoms with Crippen molar-refractivity contribution in [2.45, 2.75) is 37.2 Å². The highest BCUT2D eigenvalue weighted by Gasteiger charge is 2.45. The number of aromatic nitrogens is 2. The summed E-state index contributed by atoms with van der Waals surface area (Å²) in [6.45, 7) is 2.55. The summed E-state index contributed by atoms with van der Waals surface area (Å²) >= 11 is 3.33. The van der Waals surface area contributed by atoms with E-state index in [1.54, 1.807) is 12.4 Å². The number of hydrogen-bond acceptors (Lipinski definition) is 5. The zero-order valence-corrected chi connectivity index (χ0v) is 17.3. The zero-order chi connectivity index (χ0) is 19.4. The van der Waals surface area contributed by atoms with Gasteiger partial charge in [0.15, 0.2) is 0 Å². The van der Waals surface area contributed by atoms with Crippen molar-refractivity contribution in [2.24, 2.45) is 0 Å². The number of halogens is 1. The molecule has 2 fully saturated rings. The Morgan fingerprint density at radius 3 is 2.61 bits per heavy atom. The molecule has 7 heteroatoms. The molecule has 0 radical (unpaired) electrons. The zero-order valence-electron chi connectivity index (χ0n) is 15.7. The van der Waals surface area contributed by atoms with Crippen LogP contribution in [0.3, 0.4) is 0 Å². The number of rotatable bonds is 4. The molecule has 4 rings (SSSR count). The van der Waals surface area contributed by atoms with E-state index in [9.17, 15) is 4.79 Å². The highest BCUT2D eigenvalue weighted by molar-refractivity contribution is 9.10. The van der Waals surface area contributed by atoms with Crippen LogP contribution in [-0.4, -0.2) is 53.2 Å². The van der Waals surface area contributed by atoms with Gasteiger partial charge < -0.3 is 14.4 Å². The summed E-state index contributed by atoms with van der Waals surface area (Å²) in [4.78, 5) is 24.0. The predicted octanol–water partition coefficient (Wildman–Crippen LogP) is 3.36. The van der Waals surface area contributed by atoms with Crippen molar-refractivity contribution >= 4 is 21.8 Å². The molecule has 1 aromatic heterocycles. The lowest BCUT2D eigenvalue weighted by Gasteiger charge is -2.42. The number of hydrogen-bond donors (Lipinski definition) is 0. The lowest BCUT2D eigenvalue weighted by Crippen LogP contribution is -2.54. The van der Waals surface area contributed by atoms with Crippen molar-refractivity contribution in [1.29, 1.82) is 0 Å². The third kappa shape index (κ3) is 4.05. The van der Waals surface area contributed by atoms with Crippen molar-refractivity contribution in [2.75, 3.05) is 26.3 Å². The monoisotopic (exact) mass is 445 g/mol. The Hall–Kier alpha value is -1.99. The maximum Gasteiger partial charge on any atom is 0.316 e. The molecule has 1 amide bonds. The minimum absolute atomic E-state index is 0.0912. The van der Waals surface area contributed by atoms with Gasteiger partial charge in [-0.25, -0.2) is 9.97 Å². The second kappa shape index (κ2) is 8.57. The number of carbonyl (C=O) groups excluding carboxylic acids is 1.